The number of amides is 1. The molecule has 2 aromatic heterocycles. The third kappa shape index (κ3) is 4.14. The highest BCUT2D eigenvalue weighted by Crippen LogP contribution is 2.41. The first kappa shape index (κ1) is 21.4. The van der Waals surface area contributed by atoms with E-state index >= 15 is 0 Å². The molecule has 3 heterocycles. The van der Waals surface area contributed by atoms with Crippen molar-refractivity contribution in [3.63, 3.8) is 0 Å². The number of carbonyl (C=O) groups is 2. The minimum Gasteiger partial charge on any atom is -0.507 e. The first-order valence-corrected chi connectivity index (χ1v) is 10.4. The molecule has 1 aliphatic rings. The van der Waals surface area contributed by atoms with Gasteiger partial charge in [-0.1, -0.05) is 6.07 Å². The maximum Gasteiger partial charge on any atom is 0.296 e. The number of likely N-dealkylation sites (tertiary alicyclic amines) is 1. The van der Waals surface area contributed by atoms with Crippen LogP contribution < -0.4 is 4.74 Å². The molecule has 1 N–H and O–H groups in total. The molecule has 7 nitrogen and oxygen atoms in total. The molecule has 1 unspecified atom stereocenters. The predicted molar refractivity (Wildman–Crippen MR) is 118 cm³/mol. The number of pyridine rings is 1. The van der Waals surface area contributed by atoms with Gasteiger partial charge in [-0.3, -0.25) is 14.6 Å². The van der Waals surface area contributed by atoms with Crippen LogP contribution in [0.4, 0.5) is 0 Å². The Labute approximate surface area is 186 Å². The smallest absolute Gasteiger partial charge is 0.296 e. The van der Waals surface area contributed by atoms with Gasteiger partial charge < -0.3 is 19.2 Å². The van der Waals surface area contributed by atoms with Crippen LogP contribution >= 0.6 is 0 Å². The van der Waals surface area contributed by atoms with E-state index in [4.69, 9.17) is 9.15 Å². The Balaban J connectivity index is 1.78. The molecule has 1 aliphatic heterocycles. The third-order valence-corrected chi connectivity index (χ3v) is 5.15. The topological polar surface area (TPSA) is 92.9 Å². The highest BCUT2D eigenvalue weighted by atomic mass is 16.5. The van der Waals surface area contributed by atoms with Gasteiger partial charge in [-0.2, -0.15) is 0 Å². The zero-order valence-corrected chi connectivity index (χ0v) is 18.1. The van der Waals surface area contributed by atoms with Gasteiger partial charge in [0.2, 0.25) is 0 Å². The van der Waals surface area contributed by atoms with Gasteiger partial charge in [0, 0.05) is 24.5 Å². The number of hydrogen-bond acceptors (Lipinski definition) is 6. The molecule has 0 saturated carbocycles. The number of aryl methyl sites for hydroxylation is 1. The Morgan fingerprint density at radius 2 is 1.91 bits per heavy atom. The molecule has 32 heavy (non-hydrogen) atoms. The summed E-state index contributed by atoms with van der Waals surface area (Å²) in [6.07, 6.45) is 3.28. The Hall–Kier alpha value is -3.87. The van der Waals surface area contributed by atoms with E-state index in [0.717, 1.165) is 5.56 Å². The highest BCUT2D eigenvalue weighted by Gasteiger charge is 2.47. The van der Waals surface area contributed by atoms with Crippen molar-refractivity contribution in [2.24, 2.45) is 0 Å². The molecular formula is C25H24N2O5. The van der Waals surface area contributed by atoms with Crippen molar-refractivity contribution in [1.29, 1.82) is 0 Å². The first-order valence-electron chi connectivity index (χ1n) is 10.4. The maximum absolute atomic E-state index is 13.0. The summed E-state index contributed by atoms with van der Waals surface area (Å²) in [4.78, 5) is 31.5. The molecule has 0 aliphatic carbocycles. The van der Waals surface area contributed by atoms with Crippen molar-refractivity contribution in [2.45, 2.75) is 39.5 Å². The molecule has 3 aromatic rings. The van der Waals surface area contributed by atoms with Gasteiger partial charge in [0.05, 0.1) is 11.7 Å². The zero-order chi connectivity index (χ0) is 22.8. The van der Waals surface area contributed by atoms with Crippen LogP contribution in [0.5, 0.6) is 5.75 Å². The molecule has 1 amide bonds. The third-order valence-electron chi connectivity index (χ3n) is 5.15. The number of rotatable bonds is 6. The van der Waals surface area contributed by atoms with E-state index in [2.05, 4.69) is 4.98 Å². The number of ketones is 1. The van der Waals surface area contributed by atoms with Crippen LogP contribution in [0, 0.1) is 6.92 Å². The molecule has 0 spiro atoms. The lowest BCUT2D eigenvalue weighted by Gasteiger charge is -2.23. The van der Waals surface area contributed by atoms with Crippen LogP contribution in [-0.4, -0.2) is 32.8 Å². The fourth-order valence-corrected chi connectivity index (χ4v) is 3.75. The van der Waals surface area contributed by atoms with Crippen molar-refractivity contribution in [2.75, 3.05) is 0 Å². The van der Waals surface area contributed by atoms with Gasteiger partial charge in [-0.25, -0.2) is 0 Å². The molecule has 164 valence electrons. The summed E-state index contributed by atoms with van der Waals surface area (Å²) in [6.45, 7) is 5.77. The molecule has 1 aromatic carbocycles. The Morgan fingerprint density at radius 1 is 1.16 bits per heavy atom. The average Bonchev–Trinajstić information content (AvgIpc) is 3.30. The number of ether oxygens (including phenoxy) is 1. The second kappa shape index (κ2) is 8.70. The molecular weight excluding hydrogens is 408 g/mol. The van der Waals surface area contributed by atoms with E-state index in [1.165, 1.54) is 4.90 Å². The van der Waals surface area contributed by atoms with Gasteiger partial charge in [0.25, 0.3) is 11.7 Å². The summed E-state index contributed by atoms with van der Waals surface area (Å²) in [7, 11) is 0. The SMILES string of the molecule is Cc1ccc(C2C(=C(O)c3ccc(OC(C)C)cc3)C(=O)C(=O)N2Cc2cccnc2)o1. The lowest BCUT2D eigenvalue weighted by atomic mass is 9.99. The van der Waals surface area contributed by atoms with Crippen LogP contribution in [0.25, 0.3) is 5.76 Å². The molecule has 1 atom stereocenters. The lowest BCUT2D eigenvalue weighted by Crippen LogP contribution is -2.29. The van der Waals surface area contributed by atoms with Gasteiger partial charge in [-0.15, -0.1) is 0 Å². The summed E-state index contributed by atoms with van der Waals surface area (Å²) in [5.74, 6) is -0.0183. The highest BCUT2D eigenvalue weighted by molar-refractivity contribution is 6.46. The van der Waals surface area contributed by atoms with E-state index in [9.17, 15) is 14.7 Å². The number of nitrogens with zero attached hydrogens (tertiary/aromatic N) is 2. The van der Waals surface area contributed by atoms with Crippen molar-refractivity contribution >= 4 is 17.4 Å². The summed E-state index contributed by atoms with van der Waals surface area (Å²) in [5, 5.41) is 11.1. The molecule has 7 heteroatoms. The fourth-order valence-electron chi connectivity index (χ4n) is 3.75. The summed E-state index contributed by atoms with van der Waals surface area (Å²) in [6, 6.07) is 13.0. The second-order valence-corrected chi connectivity index (χ2v) is 7.93. The Bertz CT molecular complexity index is 1160. The predicted octanol–water partition coefficient (Wildman–Crippen LogP) is 4.39. The summed E-state index contributed by atoms with van der Waals surface area (Å²) in [5.41, 5.74) is 1.16. The van der Waals surface area contributed by atoms with Gasteiger partial charge in [0.1, 0.15) is 29.1 Å². The van der Waals surface area contributed by atoms with Crippen LogP contribution in [0.1, 0.15) is 42.5 Å². The lowest BCUT2D eigenvalue weighted by molar-refractivity contribution is -0.140. The zero-order valence-electron chi connectivity index (χ0n) is 18.1. The normalized spacial score (nSPS) is 17.9. The van der Waals surface area contributed by atoms with E-state index in [-0.39, 0.29) is 24.0 Å². The molecule has 1 fully saturated rings. The number of carbonyl (C=O) groups excluding carboxylic acids is 2. The van der Waals surface area contributed by atoms with Crippen molar-refractivity contribution in [3.05, 3.63) is 89.1 Å². The van der Waals surface area contributed by atoms with Crippen LogP contribution in [-0.2, 0) is 16.1 Å². The number of Topliss-reactive ketones (excluding diaryl/α,β-unsaturated/α-hetero) is 1. The molecule has 0 radical (unpaired) electrons. The Morgan fingerprint density at radius 3 is 2.50 bits per heavy atom. The minimum atomic E-state index is -0.851. The number of benzene rings is 1. The van der Waals surface area contributed by atoms with E-state index in [0.29, 0.717) is 22.8 Å². The van der Waals surface area contributed by atoms with Crippen molar-refractivity contribution in [1.82, 2.24) is 9.88 Å². The van der Waals surface area contributed by atoms with Crippen molar-refractivity contribution < 1.29 is 23.8 Å². The monoisotopic (exact) mass is 432 g/mol. The second-order valence-electron chi connectivity index (χ2n) is 7.93. The fraction of sp³-hybridized carbons (Fsp3) is 0.240. The van der Waals surface area contributed by atoms with Crippen molar-refractivity contribution in [3.8, 4) is 5.75 Å². The Kier molecular flexibility index (Phi) is 5.81. The van der Waals surface area contributed by atoms with Crippen LogP contribution in [0.3, 0.4) is 0 Å². The quantitative estimate of drug-likeness (QED) is 0.353. The van der Waals surface area contributed by atoms with E-state index in [1.54, 1.807) is 61.8 Å². The largest absolute Gasteiger partial charge is 0.507 e. The van der Waals surface area contributed by atoms with Gasteiger partial charge in [-0.05, 0) is 68.8 Å². The van der Waals surface area contributed by atoms with Gasteiger partial charge >= 0.3 is 0 Å². The minimum absolute atomic E-state index is 0.00855. The molecule has 0 bridgehead atoms. The average molecular weight is 432 g/mol. The number of aromatic nitrogens is 1. The number of aliphatic hydroxyl groups is 1. The number of hydrogen-bond donors (Lipinski definition) is 1. The van der Waals surface area contributed by atoms with Crippen LogP contribution in [0.15, 0.2) is 70.9 Å². The van der Waals surface area contributed by atoms with Gasteiger partial charge in [0.15, 0.2) is 0 Å². The van der Waals surface area contributed by atoms with E-state index < -0.39 is 17.7 Å². The molecule has 4 rings (SSSR count). The van der Waals surface area contributed by atoms with E-state index in [1.807, 2.05) is 19.9 Å². The van der Waals surface area contributed by atoms with Crippen LogP contribution in [0.2, 0.25) is 0 Å². The first-order chi connectivity index (χ1) is 15.3. The molecule has 1 saturated heterocycles. The standard InChI is InChI=1S/C25H24N2O5/c1-15(2)31-19-9-7-18(8-10-19)23(28)21-22(20-11-6-16(3)32-20)27(25(30)24(21)29)14-17-5-4-12-26-13-17/h4-13,15,22,28H,14H2,1-3H3. The summed E-state index contributed by atoms with van der Waals surface area (Å²) >= 11 is 0. The number of aliphatic hydroxyl groups excluding tert-OH is 1. The maximum atomic E-state index is 13.0. The summed E-state index contributed by atoms with van der Waals surface area (Å²) < 4.78 is 11.4. The number of furan rings is 1.